The molecule has 0 bridgehead atoms. The van der Waals surface area contributed by atoms with Crippen LogP contribution in [0.15, 0.2) is 29.6 Å². The minimum atomic E-state index is -0.0830. The fourth-order valence-electron chi connectivity index (χ4n) is 2.58. The van der Waals surface area contributed by atoms with Crippen molar-refractivity contribution in [2.45, 2.75) is 25.2 Å². The van der Waals surface area contributed by atoms with E-state index in [2.05, 4.69) is 29.2 Å². The lowest BCUT2D eigenvalue weighted by molar-refractivity contribution is 0.101. The van der Waals surface area contributed by atoms with Crippen molar-refractivity contribution in [3.63, 3.8) is 0 Å². The maximum absolute atomic E-state index is 11.5. The summed E-state index contributed by atoms with van der Waals surface area (Å²) in [6.45, 7) is 0. The number of ketones is 1. The minimum absolute atomic E-state index is 0.0106. The van der Waals surface area contributed by atoms with E-state index in [0.29, 0.717) is 11.6 Å². The van der Waals surface area contributed by atoms with E-state index in [1.807, 2.05) is 5.38 Å². The van der Waals surface area contributed by atoms with Crippen LogP contribution in [0.5, 0.6) is 0 Å². The first-order valence-electron chi connectivity index (χ1n) is 6.39. The van der Waals surface area contributed by atoms with Gasteiger partial charge in [-0.15, -0.1) is 22.9 Å². The number of hydrogen-bond donors (Lipinski definition) is 0. The first-order valence-corrected chi connectivity index (χ1v) is 7.80. The molecular formula is C15H14ClNOS. The second-order valence-corrected chi connectivity index (χ2v) is 5.99. The van der Waals surface area contributed by atoms with Gasteiger partial charge in [-0.2, -0.15) is 0 Å². The van der Waals surface area contributed by atoms with Crippen LogP contribution >= 0.6 is 22.9 Å². The Morgan fingerprint density at radius 1 is 1.37 bits per heavy atom. The SMILES string of the molecule is O=C(CCl)c1csc(C2CCc3ccccc3C2)n1. The molecule has 0 radical (unpaired) electrons. The summed E-state index contributed by atoms with van der Waals surface area (Å²) in [7, 11) is 0. The number of benzene rings is 1. The van der Waals surface area contributed by atoms with Gasteiger partial charge in [-0.1, -0.05) is 24.3 Å². The van der Waals surface area contributed by atoms with Crippen molar-refractivity contribution in [2.75, 3.05) is 5.88 Å². The van der Waals surface area contributed by atoms with Gasteiger partial charge in [-0.05, 0) is 30.4 Å². The van der Waals surface area contributed by atoms with Crippen molar-refractivity contribution in [1.29, 1.82) is 0 Å². The Morgan fingerprint density at radius 2 is 2.16 bits per heavy atom. The van der Waals surface area contributed by atoms with E-state index >= 15 is 0 Å². The fraction of sp³-hybridized carbons (Fsp3) is 0.333. The van der Waals surface area contributed by atoms with E-state index in [9.17, 15) is 4.79 Å². The molecule has 1 unspecified atom stereocenters. The number of hydrogen-bond acceptors (Lipinski definition) is 3. The summed E-state index contributed by atoms with van der Waals surface area (Å²) in [6.07, 6.45) is 3.23. The molecule has 1 aromatic heterocycles. The summed E-state index contributed by atoms with van der Waals surface area (Å²) in [4.78, 5) is 16.0. The Morgan fingerprint density at radius 3 is 2.95 bits per heavy atom. The van der Waals surface area contributed by atoms with Gasteiger partial charge in [0.1, 0.15) is 5.69 Å². The monoisotopic (exact) mass is 291 g/mol. The van der Waals surface area contributed by atoms with E-state index in [-0.39, 0.29) is 11.7 Å². The maximum Gasteiger partial charge on any atom is 0.196 e. The number of carbonyl (C=O) groups excluding carboxylic acids is 1. The molecule has 2 nitrogen and oxygen atoms in total. The molecule has 4 heteroatoms. The predicted molar refractivity (Wildman–Crippen MR) is 78.4 cm³/mol. The van der Waals surface area contributed by atoms with Crippen LogP contribution in [0.1, 0.15) is 39.0 Å². The summed E-state index contributed by atoms with van der Waals surface area (Å²) >= 11 is 7.15. The number of Topliss-reactive ketones (excluding diaryl/α,β-unsaturated/α-hetero) is 1. The molecule has 2 aromatic rings. The standard InChI is InChI=1S/C15H14ClNOS/c16-8-14(18)13-9-19-15(17-13)12-6-5-10-3-1-2-4-11(10)7-12/h1-4,9,12H,5-8H2. The summed E-state index contributed by atoms with van der Waals surface area (Å²) in [5.41, 5.74) is 3.39. The van der Waals surface area contributed by atoms with Crippen LogP contribution in [-0.4, -0.2) is 16.6 Å². The predicted octanol–water partition coefficient (Wildman–Crippen LogP) is 3.84. The summed E-state index contributed by atoms with van der Waals surface area (Å²) in [6, 6.07) is 8.58. The van der Waals surface area contributed by atoms with Crippen LogP contribution < -0.4 is 0 Å². The quantitative estimate of drug-likeness (QED) is 0.635. The molecule has 1 atom stereocenters. The number of thiazole rings is 1. The average Bonchev–Trinajstić information content (AvgIpc) is 2.95. The van der Waals surface area contributed by atoms with Crippen molar-refractivity contribution in [3.05, 3.63) is 51.5 Å². The molecule has 1 aliphatic carbocycles. The van der Waals surface area contributed by atoms with Gasteiger partial charge >= 0.3 is 0 Å². The molecule has 19 heavy (non-hydrogen) atoms. The Labute approximate surface area is 121 Å². The molecular weight excluding hydrogens is 278 g/mol. The Kier molecular flexibility index (Phi) is 3.67. The molecule has 98 valence electrons. The van der Waals surface area contributed by atoms with Crippen LogP contribution in [0.25, 0.3) is 0 Å². The van der Waals surface area contributed by atoms with E-state index in [0.717, 1.165) is 24.3 Å². The highest BCUT2D eigenvalue weighted by atomic mass is 35.5. The van der Waals surface area contributed by atoms with Gasteiger partial charge in [0.05, 0.1) is 10.9 Å². The molecule has 0 aliphatic heterocycles. The minimum Gasteiger partial charge on any atom is -0.291 e. The largest absolute Gasteiger partial charge is 0.291 e. The van der Waals surface area contributed by atoms with Crippen LogP contribution in [-0.2, 0) is 12.8 Å². The van der Waals surface area contributed by atoms with Crippen molar-refractivity contribution in [2.24, 2.45) is 0 Å². The van der Waals surface area contributed by atoms with Crippen molar-refractivity contribution < 1.29 is 4.79 Å². The van der Waals surface area contributed by atoms with E-state index < -0.39 is 0 Å². The van der Waals surface area contributed by atoms with Crippen molar-refractivity contribution in [3.8, 4) is 0 Å². The molecule has 0 N–H and O–H groups in total. The van der Waals surface area contributed by atoms with E-state index in [1.165, 1.54) is 11.1 Å². The highest BCUT2D eigenvalue weighted by Gasteiger charge is 2.23. The van der Waals surface area contributed by atoms with Gasteiger partial charge < -0.3 is 0 Å². The van der Waals surface area contributed by atoms with Crippen molar-refractivity contribution >= 4 is 28.7 Å². The van der Waals surface area contributed by atoms with Crippen LogP contribution in [0, 0.1) is 0 Å². The number of alkyl halides is 1. The van der Waals surface area contributed by atoms with Gasteiger partial charge in [0, 0.05) is 11.3 Å². The van der Waals surface area contributed by atoms with Crippen LogP contribution in [0.3, 0.4) is 0 Å². The van der Waals surface area contributed by atoms with Crippen LogP contribution in [0.2, 0.25) is 0 Å². The maximum atomic E-state index is 11.5. The topological polar surface area (TPSA) is 30.0 Å². The summed E-state index contributed by atoms with van der Waals surface area (Å²) < 4.78 is 0. The number of aromatic nitrogens is 1. The number of rotatable bonds is 3. The van der Waals surface area contributed by atoms with Gasteiger partial charge in [0.25, 0.3) is 0 Å². The highest BCUT2D eigenvalue weighted by molar-refractivity contribution is 7.10. The van der Waals surface area contributed by atoms with Crippen LogP contribution in [0.4, 0.5) is 0 Å². The third-order valence-corrected chi connectivity index (χ3v) is 4.88. The van der Waals surface area contributed by atoms with Crippen molar-refractivity contribution in [1.82, 2.24) is 4.98 Å². The lowest BCUT2D eigenvalue weighted by atomic mass is 9.84. The molecule has 0 saturated heterocycles. The average molecular weight is 292 g/mol. The van der Waals surface area contributed by atoms with Gasteiger partial charge in [0.2, 0.25) is 0 Å². The number of halogens is 1. The lowest BCUT2D eigenvalue weighted by Crippen LogP contribution is -2.12. The van der Waals surface area contributed by atoms with Gasteiger partial charge in [-0.25, -0.2) is 4.98 Å². The van der Waals surface area contributed by atoms with E-state index in [1.54, 1.807) is 11.3 Å². The number of fused-ring (bicyclic) bond motifs is 1. The first kappa shape index (κ1) is 12.8. The molecule has 0 amide bonds. The second-order valence-electron chi connectivity index (χ2n) is 4.84. The Bertz CT molecular complexity index is 608. The lowest BCUT2D eigenvalue weighted by Gasteiger charge is -2.22. The number of nitrogens with zero attached hydrogens (tertiary/aromatic N) is 1. The first-order chi connectivity index (χ1) is 9.28. The van der Waals surface area contributed by atoms with Gasteiger partial charge in [-0.3, -0.25) is 4.79 Å². The summed E-state index contributed by atoms with van der Waals surface area (Å²) in [5.74, 6) is 0.369. The fourth-order valence-corrected chi connectivity index (χ4v) is 3.68. The summed E-state index contributed by atoms with van der Waals surface area (Å²) in [5, 5.41) is 2.91. The van der Waals surface area contributed by atoms with Gasteiger partial charge in [0.15, 0.2) is 5.78 Å². The Balaban J connectivity index is 1.81. The molecule has 1 aliphatic rings. The smallest absolute Gasteiger partial charge is 0.196 e. The third kappa shape index (κ3) is 2.58. The highest BCUT2D eigenvalue weighted by Crippen LogP contribution is 2.34. The van der Waals surface area contributed by atoms with E-state index in [4.69, 9.17) is 11.6 Å². The molecule has 0 fully saturated rings. The molecule has 0 saturated carbocycles. The normalized spacial score (nSPS) is 18.1. The number of carbonyl (C=O) groups is 1. The molecule has 0 spiro atoms. The third-order valence-electron chi connectivity index (χ3n) is 3.63. The molecule has 3 rings (SSSR count). The number of aryl methyl sites for hydroxylation is 1. The molecule has 1 heterocycles. The zero-order valence-electron chi connectivity index (χ0n) is 10.4. The Hall–Kier alpha value is -1.19. The molecule has 1 aromatic carbocycles. The second kappa shape index (κ2) is 5.43. The zero-order valence-corrected chi connectivity index (χ0v) is 12.0. The zero-order chi connectivity index (χ0) is 13.2.